The molecule has 3 heteroatoms. The fourth-order valence-corrected chi connectivity index (χ4v) is 2.79. The molecule has 0 atom stereocenters. The lowest BCUT2D eigenvalue weighted by Crippen LogP contribution is -2.11. The van der Waals surface area contributed by atoms with E-state index < -0.39 is 0 Å². The summed E-state index contributed by atoms with van der Waals surface area (Å²) in [5, 5.41) is 3.57. The summed E-state index contributed by atoms with van der Waals surface area (Å²) >= 11 is 5.06. The molecule has 0 radical (unpaired) electrons. The van der Waals surface area contributed by atoms with Gasteiger partial charge >= 0.3 is 0 Å². The van der Waals surface area contributed by atoms with Crippen molar-refractivity contribution in [1.29, 1.82) is 0 Å². The minimum Gasteiger partial charge on any atom is -0.389 e. The molecular formula is C18H22N2S. The molecule has 0 bridgehead atoms. The minimum absolute atomic E-state index is 0.447. The Balaban J connectivity index is 2.38. The van der Waals surface area contributed by atoms with Crippen molar-refractivity contribution in [3.63, 3.8) is 0 Å². The van der Waals surface area contributed by atoms with Crippen LogP contribution < -0.4 is 11.1 Å². The van der Waals surface area contributed by atoms with Crippen molar-refractivity contribution >= 4 is 28.6 Å². The molecule has 2 aromatic carbocycles. The molecule has 21 heavy (non-hydrogen) atoms. The van der Waals surface area contributed by atoms with Crippen molar-refractivity contribution in [1.82, 2.24) is 0 Å². The normalized spacial score (nSPS) is 10.4. The van der Waals surface area contributed by atoms with Crippen LogP contribution in [0.15, 0.2) is 36.4 Å². The first-order valence-corrected chi connectivity index (χ1v) is 7.75. The highest BCUT2D eigenvalue weighted by molar-refractivity contribution is 7.80. The fraction of sp³-hybridized carbons (Fsp3) is 0.278. The molecule has 0 aromatic heterocycles. The Labute approximate surface area is 132 Å². The van der Waals surface area contributed by atoms with Crippen LogP contribution in [0.2, 0.25) is 0 Å². The molecule has 0 heterocycles. The number of nitrogens with one attached hydrogen (secondary N) is 1. The van der Waals surface area contributed by atoms with Crippen LogP contribution in [0.5, 0.6) is 0 Å². The van der Waals surface area contributed by atoms with Gasteiger partial charge in [0.05, 0.1) is 0 Å². The van der Waals surface area contributed by atoms with E-state index in [-0.39, 0.29) is 0 Å². The third-order valence-electron chi connectivity index (χ3n) is 3.76. The summed E-state index contributed by atoms with van der Waals surface area (Å²) in [6, 6.07) is 12.6. The van der Waals surface area contributed by atoms with E-state index in [0.717, 1.165) is 29.7 Å². The zero-order valence-corrected chi connectivity index (χ0v) is 13.7. The van der Waals surface area contributed by atoms with Gasteiger partial charge in [-0.25, -0.2) is 0 Å². The topological polar surface area (TPSA) is 38.0 Å². The Morgan fingerprint density at radius 2 is 1.71 bits per heavy atom. The van der Waals surface area contributed by atoms with Gasteiger partial charge in [0.2, 0.25) is 0 Å². The molecule has 110 valence electrons. The zero-order valence-electron chi connectivity index (χ0n) is 12.9. The van der Waals surface area contributed by atoms with E-state index in [1.807, 2.05) is 19.1 Å². The van der Waals surface area contributed by atoms with Gasteiger partial charge in [0.1, 0.15) is 4.99 Å². The molecule has 0 saturated heterocycles. The van der Waals surface area contributed by atoms with Crippen molar-refractivity contribution in [2.45, 2.75) is 33.6 Å². The smallest absolute Gasteiger partial charge is 0.104 e. The van der Waals surface area contributed by atoms with Gasteiger partial charge in [-0.3, -0.25) is 0 Å². The van der Waals surface area contributed by atoms with Gasteiger partial charge in [-0.1, -0.05) is 44.3 Å². The number of hydrogen-bond donors (Lipinski definition) is 2. The van der Waals surface area contributed by atoms with E-state index in [0.29, 0.717) is 4.99 Å². The first-order chi connectivity index (χ1) is 10.1. The summed E-state index contributed by atoms with van der Waals surface area (Å²) in [5.74, 6) is 0. The average molecular weight is 298 g/mol. The largest absolute Gasteiger partial charge is 0.389 e. The van der Waals surface area contributed by atoms with Crippen LogP contribution in [0.25, 0.3) is 0 Å². The molecule has 2 nitrogen and oxygen atoms in total. The molecule has 0 amide bonds. The lowest BCUT2D eigenvalue weighted by atomic mass is 10.0. The molecule has 2 aromatic rings. The van der Waals surface area contributed by atoms with E-state index in [9.17, 15) is 0 Å². The van der Waals surface area contributed by atoms with Crippen LogP contribution in [-0.2, 0) is 12.8 Å². The van der Waals surface area contributed by atoms with Crippen LogP contribution in [0, 0.1) is 6.92 Å². The SMILES string of the molecule is CCc1cccc(CC)c1Nc1ccc(C(N)=S)c(C)c1. The van der Waals surface area contributed by atoms with Crippen LogP contribution in [0.4, 0.5) is 11.4 Å². The van der Waals surface area contributed by atoms with Gasteiger partial charge < -0.3 is 11.1 Å². The molecule has 0 spiro atoms. The number of hydrogen-bond acceptors (Lipinski definition) is 2. The number of para-hydroxylation sites is 1. The summed E-state index contributed by atoms with van der Waals surface area (Å²) in [5.41, 5.74) is 12.7. The second kappa shape index (κ2) is 6.72. The second-order valence-corrected chi connectivity index (χ2v) is 5.62. The number of nitrogens with two attached hydrogens (primary N) is 1. The van der Waals surface area contributed by atoms with Crippen LogP contribution >= 0.6 is 12.2 Å². The predicted molar refractivity (Wildman–Crippen MR) is 95.5 cm³/mol. The monoisotopic (exact) mass is 298 g/mol. The fourth-order valence-electron chi connectivity index (χ4n) is 2.57. The van der Waals surface area contributed by atoms with Crippen molar-refractivity contribution in [3.05, 3.63) is 58.7 Å². The lowest BCUT2D eigenvalue weighted by Gasteiger charge is -2.16. The Morgan fingerprint density at radius 3 is 2.19 bits per heavy atom. The molecule has 0 aliphatic carbocycles. The molecule has 0 saturated carbocycles. The van der Waals surface area contributed by atoms with Crippen LogP contribution in [0.1, 0.15) is 36.1 Å². The van der Waals surface area contributed by atoms with Crippen molar-refractivity contribution in [2.75, 3.05) is 5.32 Å². The maximum Gasteiger partial charge on any atom is 0.104 e. The average Bonchev–Trinajstić information content (AvgIpc) is 2.47. The lowest BCUT2D eigenvalue weighted by molar-refractivity contribution is 1.09. The Kier molecular flexibility index (Phi) is 4.97. The van der Waals surface area contributed by atoms with Gasteiger partial charge in [0.15, 0.2) is 0 Å². The third-order valence-corrected chi connectivity index (χ3v) is 3.98. The van der Waals surface area contributed by atoms with Crippen molar-refractivity contribution in [2.24, 2.45) is 5.73 Å². The Morgan fingerprint density at radius 1 is 1.10 bits per heavy atom. The molecular weight excluding hydrogens is 276 g/mol. The summed E-state index contributed by atoms with van der Waals surface area (Å²) in [6.07, 6.45) is 2.03. The Bertz CT molecular complexity index is 640. The minimum atomic E-state index is 0.447. The van der Waals surface area contributed by atoms with E-state index in [2.05, 4.69) is 43.4 Å². The van der Waals surface area contributed by atoms with E-state index in [4.69, 9.17) is 18.0 Å². The molecule has 0 unspecified atom stereocenters. The number of rotatable bonds is 5. The quantitative estimate of drug-likeness (QED) is 0.798. The van der Waals surface area contributed by atoms with E-state index >= 15 is 0 Å². The summed E-state index contributed by atoms with van der Waals surface area (Å²) in [4.78, 5) is 0.447. The van der Waals surface area contributed by atoms with Gasteiger partial charge in [0, 0.05) is 16.9 Å². The number of benzene rings is 2. The maximum atomic E-state index is 5.72. The molecule has 2 rings (SSSR count). The number of anilines is 2. The van der Waals surface area contributed by atoms with E-state index in [1.165, 1.54) is 16.8 Å². The van der Waals surface area contributed by atoms with Gasteiger partial charge in [0.25, 0.3) is 0 Å². The first kappa shape index (κ1) is 15.5. The highest BCUT2D eigenvalue weighted by atomic mass is 32.1. The highest BCUT2D eigenvalue weighted by Gasteiger charge is 2.08. The molecule has 0 aliphatic rings. The number of aryl methyl sites for hydroxylation is 3. The third kappa shape index (κ3) is 3.42. The predicted octanol–water partition coefficient (Wildman–Crippen LogP) is 4.50. The van der Waals surface area contributed by atoms with Crippen LogP contribution in [-0.4, -0.2) is 4.99 Å². The summed E-state index contributed by atoms with van der Waals surface area (Å²) in [6.45, 7) is 6.40. The first-order valence-electron chi connectivity index (χ1n) is 7.35. The van der Waals surface area contributed by atoms with Gasteiger partial charge in [-0.2, -0.15) is 0 Å². The van der Waals surface area contributed by atoms with Crippen molar-refractivity contribution in [3.8, 4) is 0 Å². The van der Waals surface area contributed by atoms with Crippen LogP contribution in [0.3, 0.4) is 0 Å². The standard InChI is InChI=1S/C18H22N2S/c1-4-13-7-6-8-14(5-2)17(13)20-15-9-10-16(18(19)21)12(3)11-15/h6-11,20H,4-5H2,1-3H3,(H2,19,21). The second-order valence-electron chi connectivity index (χ2n) is 5.18. The summed E-state index contributed by atoms with van der Waals surface area (Å²) < 4.78 is 0. The van der Waals surface area contributed by atoms with Gasteiger partial charge in [-0.05, 0) is 54.7 Å². The Hall–Kier alpha value is -1.87. The van der Waals surface area contributed by atoms with E-state index in [1.54, 1.807) is 0 Å². The molecule has 0 fully saturated rings. The van der Waals surface area contributed by atoms with Gasteiger partial charge in [-0.15, -0.1) is 0 Å². The molecule has 3 N–H and O–H groups in total. The summed E-state index contributed by atoms with van der Waals surface area (Å²) in [7, 11) is 0. The number of thiocarbonyl (C=S) groups is 1. The molecule has 0 aliphatic heterocycles. The maximum absolute atomic E-state index is 5.72. The van der Waals surface area contributed by atoms with Crippen molar-refractivity contribution < 1.29 is 0 Å². The highest BCUT2D eigenvalue weighted by Crippen LogP contribution is 2.27. The zero-order chi connectivity index (χ0) is 15.4.